The van der Waals surface area contributed by atoms with Gasteiger partial charge in [0.15, 0.2) is 5.78 Å². The van der Waals surface area contributed by atoms with Crippen LogP contribution in [0.2, 0.25) is 0 Å². The minimum atomic E-state index is -0.508. The summed E-state index contributed by atoms with van der Waals surface area (Å²) in [6.07, 6.45) is 0. The molecule has 0 fully saturated rings. The third-order valence-electron chi connectivity index (χ3n) is 2.89. The van der Waals surface area contributed by atoms with Gasteiger partial charge in [-0.3, -0.25) is 4.79 Å². The molecule has 0 amide bonds. The summed E-state index contributed by atoms with van der Waals surface area (Å²) in [6.45, 7) is 6.28. The fourth-order valence-corrected chi connectivity index (χ4v) is 2.91. The first-order valence-electron chi connectivity index (χ1n) is 6.11. The molecule has 0 unspecified atom stereocenters. The van der Waals surface area contributed by atoms with Gasteiger partial charge in [0.25, 0.3) is 0 Å². The fourth-order valence-electron chi connectivity index (χ4n) is 1.59. The number of carbonyl (C=O) groups is 2. The SMILES string of the molecule is CCN(C)c1sc(C(=O)C(C)C)c(N)c1C(=O)OC. The molecular formula is C13H20N2O3S. The minimum Gasteiger partial charge on any atom is -0.465 e. The van der Waals surface area contributed by atoms with Crippen LogP contribution in [-0.2, 0) is 4.74 Å². The van der Waals surface area contributed by atoms with E-state index in [1.165, 1.54) is 18.4 Å². The van der Waals surface area contributed by atoms with E-state index in [4.69, 9.17) is 10.5 Å². The Balaban J connectivity index is 3.43. The highest BCUT2D eigenvalue weighted by atomic mass is 32.1. The van der Waals surface area contributed by atoms with Crippen LogP contribution >= 0.6 is 11.3 Å². The summed E-state index contributed by atoms with van der Waals surface area (Å²) in [5.74, 6) is -0.721. The molecule has 1 heterocycles. The summed E-state index contributed by atoms with van der Waals surface area (Å²) < 4.78 is 4.76. The van der Waals surface area contributed by atoms with E-state index in [0.29, 0.717) is 22.0 Å². The van der Waals surface area contributed by atoms with E-state index in [1.54, 1.807) is 0 Å². The number of ketones is 1. The molecule has 1 rings (SSSR count). The normalized spacial score (nSPS) is 10.6. The van der Waals surface area contributed by atoms with Crippen molar-refractivity contribution >= 4 is 33.8 Å². The van der Waals surface area contributed by atoms with Gasteiger partial charge in [0.2, 0.25) is 0 Å². The standard InChI is InChI=1S/C13H20N2O3S/c1-6-15(4)12-8(13(17)18-5)9(14)11(19-12)10(16)7(2)3/h7H,6,14H2,1-5H3. The van der Waals surface area contributed by atoms with Crippen LogP contribution in [0.1, 0.15) is 40.8 Å². The Morgan fingerprint density at radius 1 is 1.42 bits per heavy atom. The average molecular weight is 284 g/mol. The van der Waals surface area contributed by atoms with Crippen LogP contribution in [0.4, 0.5) is 10.7 Å². The van der Waals surface area contributed by atoms with Crippen LogP contribution in [0.15, 0.2) is 0 Å². The fraction of sp³-hybridized carbons (Fsp3) is 0.538. The lowest BCUT2D eigenvalue weighted by Crippen LogP contribution is -2.18. The number of ether oxygens (including phenoxy) is 1. The van der Waals surface area contributed by atoms with Gasteiger partial charge in [-0.2, -0.15) is 0 Å². The second-order valence-corrected chi connectivity index (χ2v) is 5.55. The van der Waals surface area contributed by atoms with Crippen LogP contribution < -0.4 is 10.6 Å². The quantitative estimate of drug-likeness (QED) is 0.664. The van der Waals surface area contributed by atoms with Gasteiger partial charge in [0.1, 0.15) is 10.6 Å². The van der Waals surface area contributed by atoms with E-state index in [0.717, 1.165) is 0 Å². The number of nitrogens with zero attached hydrogens (tertiary/aromatic N) is 1. The molecule has 0 aliphatic heterocycles. The lowest BCUT2D eigenvalue weighted by atomic mass is 10.1. The Hall–Kier alpha value is -1.56. The molecule has 19 heavy (non-hydrogen) atoms. The van der Waals surface area contributed by atoms with Gasteiger partial charge < -0.3 is 15.4 Å². The first-order chi connectivity index (χ1) is 8.84. The van der Waals surface area contributed by atoms with Gasteiger partial charge in [-0.25, -0.2) is 4.79 Å². The number of esters is 1. The van der Waals surface area contributed by atoms with E-state index < -0.39 is 5.97 Å². The Kier molecular flexibility index (Phi) is 4.94. The summed E-state index contributed by atoms with van der Waals surface area (Å²) in [4.78, 5) is 26.3. The number of Topliss-reactive ketones (excluding diaryl/α,β-unsaturated/α-hetero) is 1. The maximum Gasteiger partial charge on any atom is 0.343 e. The van der Waals surface area contributed by atoms with Gasteiger partial charge in [-0.1, -0.05) is 13.8 Å². The van der Waals surface area contributed by atoms with Crippen molar-refractivity contribution in [3.63, 3.8) is 0 Å². The third-order valence-corrected chi connectivity index (χ3v) is 4.22. The summed E-state index contributed by atoms with van der Waals surface area (Å²) in [5.41, 5.74) is 6.49. The van der Waals surface area contributed by atoms with E-state index in [-0.39, 0.29) is 17.4 Å². The topological polar surface area (TPSA) is 72.6 Å². The molecule has 106 valence electrons. The molecule has 6 heteroatoms. The molecule has 1 aromatic heterocycles. The number of hydrogen-bond acceptors (Lipinski definition) is 6. The van der Waals surface area contributed by atoms with Gasteiger partial charge in [-0.05, 0) is 6.92 Å². The van der Waals surface area contributed by atoms with E-state index in [1.807, 2.05) is 32.7 Å². The number of nitrogen functional groups attached to an aromatic ring is 1. The largest absolute Gasteiger partial charge is 0.465 e. The number of anilines is 2. The van der Waals surface area contributed by atoms with Crippen molar-refractivity contribution < 1.29 is 14.3 Å². The van der Waals surface area contributed by atoms with Crippen LogP contribution in [0.25, 0.3) is 0 Å². The molecular weight excluding hydrogens is 264 g/mol. The zero-order valence-corrected chi connectivity index (χ0v) is 12.8. The number of carbonyl (C=O) groups excluding carboxylic acids is 2. The van der Waals surface area contributed by atoms with E-state index in [9.17, 15) is 9.59 Å². The molecule has 1 aromatic rings. The number of methoxy groups -OCH3 is 1. The molecule has 0 saturated heterocycles. The first-order valence-corrected chi connectivity index (χ1v) is 6.92. The van der Waals surface area contributed by atoms with Crippen molar-refractivity contribution in [2.45, 2.75) is 20.8 Å². The number of rotatable bonds is 5. The van der Waals surface area contributed by atoms with Gasteiger partial charge in [0.05, 0.1) is 17.7 Å². The van der Waals surface area contributed by atoms with Crippen LogP contribution in [0.3, 0.4) is 0 Å². The number of nitrogens with two attached hydrogens (primary N) is 1. The second-order valence-electron chi connectivity index (χ2n) is 4.55. The average Bonchev–Trinajstić information content (AvgIpc) is 2.73. The minimum absolute atomic E-state index is 0.0524. The molecule has 0 aliphatic carbocycles. The Labute approximate surface area is 117 Å². The van der Waals surface area contributed by atoms with Crippen molar-refractivity contribution in [1.29, 1.82) is 0 Å². The Morgan fingerprint density at radius 2 is 2.00 bits per heavy atom. The van der Waals surface area contributed by atoms with Crippen LogP contribution in [0.5, 0.6) is 0 Å². The lowest BCUT2D eigenvalue weighted by Gasteiger charge is -2.15. The highest BCUT2D eigenvalue weighted by Gasteiger charge is 2.28. The molecule has 0 saturated carbocycles. The van der Waals surface area contributed by atoms with Crippen LogP contribution in [-0.4, -0.2) is 32.5 Å². The summed E-state index contributed by atoms with van der Waals surface area (Å²) in [6, 6.07) is 0. The molecule has 0 aromatic carbocycles. The third kappa shape index (κ3) is 2.89. The molecule has 0 radical (unpaired) electrons. The zero-order chi connectivity index (χ0) is 14.7. The summed E-state index contributed by atoms with van der Waals surface area (Å²) >= 11 is 1.25. The Bertz CT molecular complexity index is 494. The van der Waals surface area contributed by atoms with Crippen molar-refractivity contribution in [3.8, 4) is 0 Å². The zero-order valence-electron chi connectivity index (χ0n) is 11.9. The van der Waals surface area contributed by atoms with Crippen molar-refractivity contribution in [3.05, 3.63) is 10.4 Å². The maximum absolute atomic E-state index is 12.1. The van der Waals surface area contributed by atoms with Gasteiger partial charge >= 0.3 is 5.97 Å². The van der Waals surface area contributed by atoms with Crippen molar-refractivity contribution in [1.82, 2.24) is 0 Å². The predicted molar refractivity (Wildman–Crippen MR) is 78.2 cm³/mol. The van der Waals surface area contributed by atoms with Gasteiger partial charge in [0, 0.05) is 19.5 Å². The first kappa shape index (κ1) is 15.5. The van der Waals surface area contributed by atoms with Crippen molar-refractivity contribution in [2.24, 2.45) is 5.92 Å². The Morgan fingerprint density at radius 3 is 2.42 bits per heavy atom. The van der Waals surface area contributed by atoms with E-state index in [2.05, 4.69) is 0 Å². The van der Waals surface area contributed by atoms with E-state index >= 15 is 0 Å². The summed E-state index contributed by atoms with van der Waals surface area (Å²) in [5, 5.41) is 0.677. The smallest absolute Gasteiger partial charge is 0.343 e. The molecule has 0 spiro atoms. The monoisotopic (exact) mass is 284 g/mol. The predicted octanol–water partition coefficient (Wildman–Crippen LogP) is 2.41. The van der Waals surface area contributed by atoms with Gasteiger partial charge in [-0.15, -0.1) is 11.3 Å². The summed E-state index contributed by atoms with van der Waals surface area (Å²) in [7, 11) is 3.15. The highest BCUT2D eigenvalue weighted by molar-refractivity contribution is 7.19. The lowest BCUT2D eigenvalue weighted by molar-refractivity contribution is 0.0603. The molecule has 0 atom stereocenters. The number of thiophene rings is 1. The maximum atomic E-state index is 12.1. The molecule has 0 bridgehead atoms. The van der Waals surface area contributed by atoms with Crippen LogP contribution in [0, 0.1) is 5.92 Å². The molecule has 5 nitrogen and oxygen atoms in total. The van der Waals surface area contributed by atoms with Crippen molar-refractivity contribution in [2.75, 3.05) is 31.3 Å². The number of hydrogen-bond donors (Lipinski definition) is 1. The second kappa shape index (κ2) is 6.06. The molecule has 0 aliphatic rings. The molecule has 2 N–H and O–H groups in total. The highest BCUT2D eigenvalue weighted by Crippen LogP contribution is 2.39.